The Labute approximate surface area is 154 Å². The molecular weight excluding hydrogens is 384 g/mol. The molecular formula is C20H19BrO4. The summed E-state index contributed by atoms with van der Waals surface area (Å²) in [5.74, 6) is 0.440. The lowest BCUT2D eigenvalue weighted by atomic mass is 10.1. The molecule has 0 aliphatic rings. The number of esters is 1. The Hall–Kier alpha value is -2.27. The zero-order valence-electron chi connectivity index (χ0n) is 14.2. The molecule has 3 aromatic rings. The number of hydrogen-bond acceptors (Lipinski definition) is 4. The predicted molar refractivity (Wildman–Crippen MR) is 99.8 cm³/mol. The van der Waals surface area contributed by atoms with Gasteiger partial charge in [-0.05, 0) is 59.1 Å². The summed E-state index contributed by atoms with van der Waals surface area (Å²) in [6.07, 6.45) is 1.88. The van der Waals surface area contributed by atoms with Gasteiger partial charge in [0.2, 0.25) is 0 Å². The number of hydrogen-bond donors (Lipinski definition) is 0. The molecule has 0 fully saturated rings. The summed E-state index contributed by atoms with van der Waals surface area (Å²) in [5, 5.41) is 1.02. The van der Waals surface area contributed by atoms with Crippen LogP contribution in [0.25, 0.3) is 11.0 Å². The van der Waals surface area contributed by atoms with Gasteiger partial charge in [-0.15, -0.1) is 0 Å². The van der Waals surface area contributed by atoms with Gasteiger partial charge in [-0.2, -0.15) is 0 Å². The average Bonchev–Trinajstić information content (AvgIpc) is 3.07. The van der Waals surface area contributed by atoms with Gasteiger partial charge in [0, 0.05) is 10.9 Å². The number of para-hydroxylation sites is 1. The van der Waals surface area contributed by atoms with Crippen molar-refractivity contribution in [3.8, 4) is 5.75 Å². The highest BCUT2D eigenvalue weighted by Gasteiger charge is 2.13. The Morgan fingerprint density at radius 3 is 2.80 bits per heavy atom. The molecule has 0 spiro atoms. The molecule has 3 rings (SSSR count). The zero-order valence-corrected chi connectivity index (χ0v) is 15.8. The molecule has 0 radical (unpaired) electrons. The molecule has 1 heterocycles. The molecule has 25 heavy (non-hydrogen) atoms. The minimum absolute atomic E-state index is 0.202. The van der Waals surface area contributed by atoms with E-state index < -0.39 is 0 Å². The summed E-state index contributed by atoms with van der Waals surface area (Å²) in [6.45, 7) is 4.60. The number of benzene rings is 2. The maximum atomic E-state index is 11.8. The van der Waals surface area contributed by atoms with Crippen LogP contribution in [0, 0.1) is 6.92 Å². The Bertz CT molecular complexity index is 898. The SMILES string of the molecule is CCOC(=O)Cc1ccccc1OCc1cc2ccoc2c(Br)c1C. The van der Waals surface area contributed by atoms with E-state index in [0.717, 1.165) is 32.1 Å². The predicted octanol–water partition coefficient (Wildman–Crippen LogP) is 5.19. The monoisotopic (exact) mass is 402 g/mol. The summed E-state index contributed by atoms with van der Waals surface area (Å²) >= 11 is 3.59. The Morgan fingerprint density at radius 1 is 1.20 bits per heavy atom. The van der Waals surface area contributed by atoms with Crippen LogP contribution < -0.4 is 4.74 Å². The number of fused-ring (bicyclic) bond motifs is 1. The van der Waals surface area contributed by atoms with Crippen molar-refractivity contribution in [2.75, 3.05) is 6.61 Å². The van der Waals surface area contributed by atoms with E-state index in [9.17, 15) is 4.79 Å². The van der Waals surface area contributed by atoms with Crippen molar-refractivity contribution in [3.05, 3.63) is 63.8 Å². The topological polar surface area (TPSA) is 48.7 Å². The first kappa shape index (κ1) is 17.5. The van der Waals surface area contributed by atoms with Crippen molar-refractivity contribution in [2.24, 2.45) is 0 Å². The second-order valence-electron chi connectivity index (χ2n) is 5.69. The van der Waals surface area contributed by atoms with Crippen molar-refractivity contribution in [1.29, 1.82) is 0 Å². The molecule has 0 aliphatic heterocycles. The van der Waals surface area contributed by atoms with Crippen molar-refractivity contribution >= 4 is 32.9 Å². The van der Waals surface area contributed by atoms with E-state index >= 15 is 0 Å². The fourth-order valence-electron chi connectivity index (χ4n) is 2.68. The molecule has 130 valence electrons. The first-order chi connectivity index (χ1) is 12.1. The molecule has 0 saturated carbocycles. The molecule has 0 N–H and O–H groups in total. The lowest BCUT2D eigenvalue weighted by molar-refractivity contribution is -0.142. The Morgan fingerprint density at radius 2 is 2.00 bits per heavy atom. The van der Waals surface area contributed by atoms with Crippen molar-refractivity contribution in [3.63, 3.8) is 0 Å². The summed E-state index contributed by atoms with van der Waals surface area (Å²) in [6, 6.07) is 11.5. The number of furan rings is 1. The van der Waals surface area contributed by atoms with Crippen LogP contribution in [0.1, 0.15) is 23.6 Å². The molecule has 0 aliphatic carbocycles. The van der Waals surface area contributed by atoms with Gasteiger partial charge < -0.3 is 13.9 Å². The minimum Gasteiger partial charge on any atom is -0.489 e. The van der Waals surface area contributed by atoms with Crippen LogP contribution in [0.2, 0.25) is 0 Å². The van der Waals surface area contributed by atoms with Gasteiger partial charge in [-0.1, -0.05) is 18.2 Å². The second-order valence-corrected chi connectivity index (χ2v) is 6.48. The highest BCUT2D eigenvalue weighted by atomic mass is 79.9. The van der Waals surface area contributed by atoms with E-state index in [0.29, 0.717) is 19.0 Å². The standard InChI is InChI=1S/C20H19BrO4/c1-3-23-18(22)11-14-6-4-5-7-17(14)25-12-16-10-15-8-9-24-20(15)19(21)13(16)2/h4-10H,3,11-12H2,1-2H3. The minimum atomic E-state index is -0.253. The van der Waals surface area contributed by atoms with Gasteiger partial charge in [0.1, 0.15) is 17.9 Å². The van der Waals surface area contributed by atoms with Crippen molar-refractivity contribution in [2.45, 2.75) is 26.9 Å². The summed E-state index contributed by atoms with van der Waals surface area (Å²) in [7, 11) is 0. The van der Waals surface area contributed by atoms with Crippen LogP contribution >= 0.6 is 15.9 Å². The van der Waals surface area contributed by atoms with E-state index in [4.69, 9.17) is 13.9 Å². The summed E-state index contributed by atoms with van der Waals surface area (Å²) in [4.78, 5) is 11.8. The average molecular weight is 403 g/mol. The lowest BCUT2D eigenvalue weighted by Crippen LogP contribution is -2.09. The number of halogens is 1. The highest BCUT2D eigenvalue weighted by molar-refractivity contribution is 9.10. The van der Waals surface area contributed by atoms with Crippen LogP contribution in [0.5, 0.6) is 5.75 Å². The number of ether oxygens (including phenoxy) is 2. The normalized spacial score (nSPS) is 10.8. The van der Waals surface area contributed by atoms with Crippen LogP contribution in [-0.4, -0.2) is 12.6 Å². The fraction of sp³-hybridized carbons (Fsp3) is 0.250. The third-order valence-corrected chi connectivity index (χ3v) is 4.99. The van der Waals surface area contributed by atoms with E-state index in [1.165, 1.54) is 0 Å². The molecule has 0 amide bonds. The molecule has 1 aromatic heterocycles. The quantitative estimate of drug-likeness (QED) is 0.532. The van der Waals surface area contributed by atoms with E-state index in [1.807, 2.05) is 37.3 Å². The van der Waals surface area contributed by atoms with Crippen LogP contribution in [0.15, 0.2) is 51.6 Å². The van der Waals surface area contributed by atoms with E-state index in [-0.39, 0.29) is 12.4 Å². The molecule has 2 aromatic carbocycles. The Kier molecular flexibility index (Phi) is 5.43. The fourth-order valence-corrected chi connectivity index (χ4v) is 3.26. The van der Waals surface area contributed by atoms with Gasteiger partial charge in [0.05, 0.1) is 23.8 Å². The van der Waals surface area contributed by atoms with Crippen LogP contribution in [0.4, 0.5) is 0 Å². The van der Waals surface area contributed by atoms with E-state index in [2.05, 4.69) is 22.0 Å². The van der Waals surface area contributed by atoms with Gasteiger partial charge >= 0.3 is 5.97 Å². The smallest absolute Gasteiger partial charge is 0.310 e. The van der Waals surface area contributed by atoms with Gasteiger partial charge in [-0.25, -0.2) is 0 Å². The maximum Gasteiger partial charge on any atom is 0.310 e. The molecule has 0 saturated heterocycles. The second kappa shape index (κ2) is 7.74. The van der Waals surface area contributed by atoms with Crippen molar-refractivity contribution in [1.82, 2.24) is 0 Å². The molecule has 0 atom stereocenters. The first-order valence-corrected chi connectivity index (χ1v) is 8.91. The Balaban J connectivity index is 1.80. The third kappa shape index (κ3) is 3.87. The molecule has 4 nitrogen and oxygen atoms in total. The summed E-state index contributed by atoms with van der Waals surface area (Å²) < 4.78 is 17.5. The molecule has 5 heteroatoms. The number of rotatable bonds is 6. The van der Waals surface area contributed by atoms with Crippen LogP contribution in [0.3, 0.4) is 0 Å². The van der Waals surface area contributed by atoms with E-state index in [1.54, 1.807) is 13.2 Å². The van der Waals surface area contributed by atoms with Crippen LogP contribution in [-0.2, 0) is 22.6 Å². The number of carbonyl (C=O) groups excluding carboxylic acids is 1. The zero-order chi connectivity index (χ0) is 17.8. The lowest BCUT2D eigenvalue weighted by Gasteiger charge is -2.13. The number of carbonyl (C=O) groups is 1. The maximum absolute atomic E-state index is 11.8. The van der Waals surface area contributed by atoms with Gasteiger partial charge in [0.25, 0.3) is 0 Å². The summed E-state index contributed by atoms with van der Waals surface area (Å²) in [5.41, 5.74) is 3.79. The highest BCUT2D eigenvalue weighted by Crippen LogP contribution is 2.32. The largest absolute Gasteiger partial charge is 0.489 e. The third-order valence-electron chi connectivity index (χ3n) is 4.03. The van der Waals surface area contributed by atoms with Crippen molar-refractivity contribution < 1.29 is 18.7 Å². The first-order valence-electron chi connectivity index (χ1n) is 8.11. The van der Waals surface area contributed by atoms with Gasteiger partial charge in [0.15, 0.2) is 0 Å². The molecule has 0 unspecified atom stereocenters. The van der Waals surface area contributed by atoms with Gasteiger partial charge in [-0.3, -0.25) is 4.79 Å². The molecule has 0 bridgehead atoms.